The number of rotatable bonds is 5. The first kappa shape index (κ1) is 13.6. The van der Waals surface area contributed by atoms with Crippen LogP contribution in [0.2, 0.25) is 0 Å². The summed E-state index contributed by atoms with van der Waals surface area (Å²) in [5.74, 6) is -0.166. The lowest BCUT2D eigenvalue weighted by Crippen LogP contribution is -2.08. The molecular weight excluding hydrogens is 246 g/mol. The van der Waals surface area contributed by atoms with Crippen LogP contribution in [0.25, 0.3) is 0 Å². The molecule has 7 heteroatoms. The minimum atomic E-state index is -3.47. The molecule has 0 amide bonds. The zero-order valence-corrected chi connectivity index (χ0v) is 10.1. The van der Waals surface area contributed by atoms with Crippen molar-refractivity contribution in [2.24, 2.45) is 0 Å². The van der Waals surface area contributed by atoms with Crippen molar-refractivity contribution in [2.45, 2.75) is 18.2 Å². The van der Waals surface area contributed by atoms with Crippen LogP contribution in [0.4, 0.5) is 5.69 Å². The molecule has 17 heavy (non-hydrogen) atoms. The topological polar surface area (TPSA) is 97.5 Å². The van der Waals surface area contributed by atoms with Gasteiger partial charge in [-0.1, -0.05) is 0 Å². The van der Waals surface area contributed by atoms with Crippen molar-refractivity contribution < 1.29 is 18.4 Å². The average molecular weight is 259 g/mol. The maximum absolute atomic E-state index is 11.7. The van der Waals surface area contributed by atoms with Crippen molar-refractivity contribution >= 4 is 15.5 Å². The van der Waals surface area contributed by atoms with Crippen molar-refractivity contribution in [1.29, 1.82) is 0 Å². The van der Waals surface area contributed by atoms with Gasteiger partial charge in [-0.15, -0.1) is 0 Å². The van der Waals surface area contributed by atoms with Gasteiger partial charge in [0.15, 0.2) is 9.84 Å². The Morgan fingerprint density at radius 1 is 1.41 bits per heavy atom. The highest BCUT2D eigenvalue weighted by molar-refractivity contribution is 7.91. The second kappa shape index (κ2) is 5.24. The molecule has 1 aromatic carbocycles. The highest BCUT2D eigenvalue weighted by atomic mass is 32.2. The van der Waals surface area contributed by atoms with Crippen LogP contribution in [0.5, 0.6) is 0 Å². The quantitative estimate of drug-likeness (QED) is 0.629. The van der Waals surface area contributed by atoms with Gasteiger partial charge < -0.3 is 5.11 Å². The Morgan fingerprint density at radius 2 is 2.06 bits per heavy atom. The molecule has 0 aliphatic heterocycles. The van der Waals surface area contributed by atoms with Gasteiger partial charge in [0.2, 0.25) is 0 Å². The van der Waals surface area contributed by atoms with E-state index in [0.717, 1.165) is 0 Å². The molecule has 0 bridgehead atoms. The highest BCUT2D eigenvalue weighted by Crippen LogP contribution is 2.22. The van der Waals surface area contributed by atoms with Gasteiger partial charge in [0.05, 0.1) is 15.6 Å². The lowest BCUT2D eigenvalue weighted by atomic mass is 10.2. The third-order valence-electron chi connectivity index (χ3n) is 2.30. The summed E-state index contributed by atoms with van der Waals surface area (Å²) in [7, 11) is -3.47. The summed E-state index contributed by atoms with van der Waals surface area (Å²) < 4.78 is 23.5. The number of benzene rings is 1. The fraction of sp³-hybridized carbons (Fsp3) is 0.400. The highest BCUT2D eigenvalue weighted by Gasteiger charge is 2.18. The standard InChI is InChI=1S/C10H13NO5S/c1-8-7-9(3-4-10(8)11(13)14)17(15,16)6-2-5-12/h3-4,7,12H,2,5-6H2,1H3. The Morgan fingerprint density at radius 3 is 2.53 bits per heavy atom. The number of hydrogen-bond acceptors (Lipinski definition) is 5. The molecular formula is C10H13NO5S. The van der Waals surface area contributed by atoms with Gasteiger partial charge >= 0.3 is 0 Å². The second-order valence-electron chi connectivity index (χ2n) is 3.60. The third-order valence-corrected chi connectivity index (χ3v) is 4.09. The normalized spacial score (nSPS) is 11.4. The first-order valence-corrected chi connectivity index (χ1v) is 6.62. The summed E-state index contributed by atoms with van der Waals surface area (Å²) in [5, 5.41) is 19.2. The van der Waals surface area contributed by atoms with Crippen molar-refractivity contribution in [2.75, 3.05) is 12.4 Å². The number of nitrogens with zero attached hydrogens (tertiary/aromatic N) is 1. The summed E-state index contributed by atoms with van der Waals surface area (Å²) in [6, 6.07) is 3.68. The van der Waals surface area contributed by atoms with Crippen LogP contribution in [-0.2, 0) is 9.84 Å². The van der Waals surface area contributed by atoms with Crippen molar-refractivity contribution in [1.82, 2.24) is 0 Å². The number of sulfone groups is 1. The largest absolute Gasteiger partial charge is 0.396 e. The maximum atomic E-state index is 11.7. The predicted molar refractivity (Wildman–Crippen MR) is 61.6 cm³/mol. The molecule has 1 rings (SSSR count). The van der Waals surface area contributed by atoms with Gasteiger partial charge in [0.1, 0.15) is 0 Å². The van der Waals surface area contributed by atoms with Crippen LogP contribution >= 0.6 is 0 Å². The lowest BCUT2D eigenvalue weighted by molar-refractivity contribution is -0.385. The van der Waals surface area contributed by atoms with Crippen LogP contribution in [-0.4, -0.2) is 30.8 Å². The number of hydrogen-bond donors (Lipinski definition) is 1. The van der Waals surface area contributed by atoms with Crippen LogP contribution in [0, 0.1) is 17.0 Å². The van der Waals surface area contributed by atoms with E-state index in [0.29, 0.717) is 5.56 Å². The van der Waals surface area contributed by atoms with E-state index in [1.54, 1.807) is 0 Å². The fourth-order valence-corrected chi connectivity index (χ4v) is 2.78. The van der Waals surface area contributed by atoms with Crippen molar-refractivity contribution in [3.63, 3.8) is 0 Å². The summed E-state index contributed by atoms with van der Waals surface area (Å²) in [6.45, 7) is 1.29. The summed E-state index contributed by atoms with van der Waals surface area (Å²) in [4.78, 5) is 10.1. The van der Waals surface area contributed by atoms with Gasteiger partial charge in [-0.05, 0) is 25.5 Å². The number of aliphatic hydroxyl groups excluding tert-OH is 1. The van der Waals surface area contributed by atoms with Crippen LogP contribution in [0.3, 0.4) is 0 Å². The molecule has 0 aliphatic carbocycles. The predicted octanol–water partition coefficient (Wildman–Crippen LogP) is 1.06. The second-order valence-corrected chi connectivity index (χ2v) is 5.71. The summed E-state index contributed by atoms with van der Waals surface area (Å²) in [6.07, 6.45) is 0.151. The van der Waals surface area contributed by atoms with Crippen LogP contribution < -0.4 is 0 Å². The van der Waals surface area contributed by atoms with E-state index >= 15 is 0 Å². The van der Waals surface area contributed by atoms with Crippen LogP contribution in [0.15, 0.2) is 23.1 Å². The smallest absolute Gasteiger partial charge is 0.272 e. The van der Waals surface area contributed by atoms with E-state index in [1.165, 1.54) is 25.1 Å². The van der Waals surface area contributed by atoms with E-state index < -0.39 is 14.8 Å². The molecule has 0 saturated carbocycles. The van der Waals surface area contributed by atoms with Gasteiger partial charge in [-0.2, -0.15) is 0 Å². The molecule has 0 unspecified atom stereocenters. The zero-order chi connectivity index (χ0) is 13.1. The van der Waals surface area contributed by atoms with Gasteiger partial charge in [-0.25, -0.2) is 8.42 Å². The number of nitro groups is 1. The van der Waals surface area contributed by atoms with Gasteiger partial charge in [-0.3, -0.25) is 10.1 Å². The Hall–Kier alpha value is -1.47. The van der Waals surface area contributed by atoms with E-state index in [4.69, 9.17) is 5.11 Å². The number of aliphatic hydroxyl groups is 1. The minimum absolute atomic E-state index is 0.0500. The molecule has 0 fully saturated rings. The van der Waals surface area contributed by atoms with E-state index in [9.17, 15) is 18.5 Å². The molecule has 0 spiro atoms. The van der Waals surface area contributed by atoms with Gasteiger partial charge in [0, 0.05) is 18.2 Å². The summed E-state index contributed by atoms with van der Waals surface area (Å²) >= 11 is 0. The van der Waals surface area contributed by atoms with E-state index in [-0.39, 0.29) is 29.4 Å². The number of nitro benzene ring substituents is 1. The molecule has 6 nitrogen and oxygen atoms in total. The summed E-state index contributed by atoms with van der Waals surface area (Å²) in [5.41, 5.74) is 0.200. The molecule has 0 saturated heterocycles. The lowest BCUT2D eigenvalue weighted by Gasteiger charge is -2.04. The molecule has 0 atom stereocenters. The Labute approximate surface area is 99.0 Å². The Bertz CT molecular complexity index is 523. The average Bonchev–Trinajstić information content (AvgIpc) is 2.25. The van der Waals surface area contributed by atoms with E-state index in [2.05, 4.69) is 0 Å². The molecule has 0 radical (unpaired) electrons. The maximum Gasteiger partial charge on any atom is 0.272 e. The number of aryl methyl sites for hydroxylation is 1. The molecule has 1 aromatic rings. The van der Waals surface area contributed by atoms with Crippen molar-refractivity contribution in [3.8, 4) is 0 Å². The molecule has 0 heterocycles. The monoisotopic (exact) mass is 259 g/mol. The first-order chi connectivity index (χ1) is 7.88. The van der Waals surface area contributed by atoms with Gasteiger partial charge in [0.25, 0.3) is 5.69 Å². The first-order valence-electron chi connectivity index (χ1n) is 4.97. The fourth-order valence-electron chi connectivity index (χ4n) is 1.40. The molecule has 0 aromatic heterocycles. The Kier molecular flexibility index (Phi) is 4.19. The molecule has 1 N–H and O–H groups in total. The molecule has 94 valence electrons. The zero-order valence-electron chi connectivity index (χ0n) is 9.29. The van der Waals surface area contributed by atoms with Crippen molar-refractivity contribution in [3.05, 3.63) is 33.9 Å². The van der Waals surface area contributed by atoms with Crippen LogP contribution in [0.1, 0.15) is 12.0 Å². The SMILES string of the molecule is Cc1cc(S(=O)(=O)CCCO)ccc1[N+](=O)[O-]. The Balaban J connectivity index is 3.09. The molecule has 0 aliphatic rings. The minimum Gasteiger partial charge on any atom is -0.396 e. The third kappa shape index (κ3) is 3.24. The van der Waals surface area contributed by atoms with E-state index in [1.807, 2.05) is 0 Å².